The Morgan fingerprint density at radius 1 is 1.50 bits per heavy atom. The van der Waals surface area contributed by atoms with Gasteiger partial charge in [-0.3, -0.25) is 4.90 Å². The molecule has 0 aromatic rings. The highest BCUT2D eigenvalue weighted by atomic mass is 15.1. The van der Waals surface area contributed by atoms with Crippen molar-refractivity contribution in [2.75, 3.05) is 19.6 Å². The van der Waals surface area contributed by atoms with Gasteiger partial charge in [0.15, 0.2) is 0 Å². The van der Waals surface area contributed by atoms with E-state index in [1.54, 1.807) is 0 Å². The van der Waals surface area contributed by atoms with Crippen LogP contribution in [-0.4, -0.2) is 30.6 Å². The Bertz CT molecular complexity index is 110. The largest absolute Gasteiger partial charge is 0.328 e. The molecule has 10 heavy (non-hydrogen) atoms. The second-order valence-electron chi connectivity index (χ2n) is 3.00. The molecule has 2 N–H and O–H groups in total. The predicted octanol–water partition coefficient (Wildman–Crippen LogP) is 0.596. The minimum absolute atomic E-state index is 0.348. The van der Waals surface area contributed by atoms with Crippen LogP contribution in [0.3, 0.4) is 0 Å². The predicted molar refractivity (Wildman–Crippen MR) is 43.8 cm³/mol. The molecule has 1 aliphatic rings. The van der Waals surface area contributed by atoms with Gasteiger partial charge in [0.1, 0.15) is 0 Å². The summed E-state index contributed by atoms with van der Waals surface area (Å²) in [6.07, 6.45) is 5.53. The molecule has 58 valence electrons. The van der Waals surface area contributed by atoms with Gasteiger partial charge in [0.2, 0.25) is 0 Å². The molecule has 0 spiro atoms. The van der Waals surface area contributed by atoms with Crippen LogP contribution in [0.4, 0.5) is 0 Å². The molecule has 0 bridgehead atoms. The minimum Gasteiger partial charge on any atom is -0.328 e. The maximum Gasteiger partial charge on any atom is 0.0166 e. The molecular formula is C8H16N2. The quantitative estimate of drug-likeness (QED) is 0.581. The summed E-state index contributed by atoms with van der Waals surface area (Å²) in [5.41, 5.74) is 5.62. The van der Waals surface area contributed by atoms with Gasteiger partial charge in [-0.15, -0.1) is 0 Å². The lowest BCUT2D eigenvalue weighted by Crippen LogP contribution is -2.27. The van der Waals surface area contributed by atoms with Crippen molar-refractivity contribution in [3.05, 3.63) is 12.2 Å². The van der Waals surface area contributed by atoms with Crippen molar-refractivity contribution in [3.8, 4) is 0 Å². The van der Waals surface area contributed by atoms with E-state index in [0.29, 0.717) is 6.04 Å². The maximum atomic E-state index is 5.62. The molecule has 0 amide bonds. The van der Waals surface area contributed by atoms with E-state index >= 15 is 0 Å². The van der Waals surface area contributed by atoms with Crippen LogP contribution in [0.25, 0.3) is 0 Å². The average Bonchev–Trinajstić information content (AvgIpc) is 2.34. The first kappa shape index (κ1) is 7.76. The molecule has 0 radical (unpaired) electrons. The first-order chi connectivity index (χ1) is 4.79. The van der Waals surface area contributed by atoms with E-state index in [1.165, 1.54) is 0 Å². The highest BCUT2D eigenvalue weighted by Gasteiger charge is 2.05. The summed E-state index contributed by atoms with van der Waals surface area (Å²) >= 11 is 0. The van der Waals surface area contributed by atoms with Crippen molar-refractivity contribution in [3.63, 3.8) is 0 Å². The van der Waals surface area contributed by atoms with Gasteiger partial charge in [0.25, 0.3) is 0 Å². The third kappa shape index (κ3) is 2.50. The zero-order valence-electron chi connectivity index (χ0n) is 6.59. The monoisotopic (exact) mass is 140 g/mol. The molecule has 2 nitrogen and oxygen atoms in total. The van der Waals surface area contributed by atoms with Gasteiger partial charge < -0.3 is 5.73 Å². The number of rotatable bonds is 3. The number of nitrogens with two attached hydrogens (primary N) is 1. The van der Waals surface area contributed by atoms with Crippen LogP contribution in [0.15, 0.2) is 12.2 Å². The summed E-state index contributed by atoms with van der Waals surface area (Å²) < 4.78 is 0. The molecule has 1 aliphatic heterocycles. The summed E-state index contributed by atoms with van der Waals surface area (Å²) in [5, 5.41) is 0. The normalized spacial score (nSPS) is 21.8. The lowest BCUT2D eigenvalue weighted by Gasteiger charge is -2.15. The number of nitrogens with zero attached hydrogens (tertiary/aromatic N) is 1. The topological polar surface area (TPSA) is 29.3 Å². The molecule has 0 saturated heterocycles. The van der Waals surface area contributed by atoms with E-state index in [-0.39, 0.29) is 0 Å². The molecule has 2 heteroatoms. The zero-order valence-corrected chi connectivity index (χ0v) is 6.59. The summed E-state index contributed by atoms with van der Waals surface area (Å²) in [6.45, 7) is 5.44. The summed E-state index contributed by atoms with van der Waals surface area (Å²) in [4.78, 5) is 2.39. The van der Waals surface area contributed by atoms with Crippen LogP contribution in [0.2, 0.25) is 0 Å². The van der Waals surface area contributed by atoms with E-state index in [0.717, 1.165) is 26.1 Å². The molecule has 1 unspecified atom stereocenters. The molecule has 1 rings (SSSR count). The smallest absolute Gasteiger partial charge is 0.0166 e. The van der Waals surface area contributed by atoms with E-state index < -0.39 is 0 Å². The molecule has 0 aromatic heterocycles. The summed E-state index contributed by atoms with van der Waals surface area (Å²) in [7, 11) is 0. The molecule has 0 aliphatic carbocycles. The van der Waals surface area contributed by atoms with Crippen molar-refractivity contribution in [1.29, 1.82) is 0 Å². The van der Waals surface area contributed by atoms with Gasteiger partial charge in [-0.1, -0.05) is 12.2 Å². The Labute approximate surface area is 62.7 Å². The summed E-state index contributed by atoms with van der Waals surface area (Å²) in [5.74, 6) is 0. The van der Waals surface area contributed by atoms with Gasteiger partial charge in [-0.2, -0.15) is 0 Å². The molecule has 0 saturated carbocycles. The fourth-order valence-electron chi connectivity index (χ4n) is 1.09. The molecule has 0 aromatic carbocycles. The second kappa shape index (κ2) is 3.74. The molecule has 1 heterocycles. The van der Waals surface area contributed by atoms with Crippen molar-refractivity contribution in [2.24, 2.45) is 5.73 Å². The second-order valence-corrected chi connectivity index (χ2v) is 3.00. The van der Waals surface area contributed by atoms with Gasteiger partial charge in [-0.05, 0) is 13.3 Å². The third-order valence-corrected chi connectivity index (χ3v) is 1.79. The van der Waals surface area contributed by atoms with Crippen molar-refractivity contribution < 1.29 is 0 Å². The number of hydrogen-bond donors (Lipinski definition) is 1. The van der Waals surface area contributed by atoms with Crippen LogP contribution in [0.5, 0.6) is 0 Å². The van der Waals surface area contributed by atoms with Crippen LogP contribution < -0.4 is 5.73 Å². The van der Waals surface area contributed by atoms with Gasteiger partial charge in [-0.25, -0.2) is 0 Å². The highest BCUT2D eigenvalue weighted by molar-refractivity contribution is 4.95. The lowest BCUT2D eigenvalue weighted by molar-refractivity contribution is 0.337. The van der Waals surface area contributed by atoms with E-state index in [9.17, 15) is 0 Å². The lowest BCUT2D eigenvalue weighted by atomic mass is 10.2. The fraction of sp³-hybridized carbons (Fsp3) is 0.750. The van der Waals surface area contributed by atoms with E-state index in [1.807, 2.05) is 0 Å². The Hall–Kier alpha value is -0.340. The third-order valence-electron chi connectivity index (χ3n) is 1.79. The highest BCUT2D eigenvalue weighted by Crippen LogP contribution is 2.00. The van der Waals surface area contributed by atoms with Crippen molar-refractivity contribution in [1.82, 2.24) is 4.90 Å². The van der Waals surface area contributed by atoms with Crippen LogP contribution in [0.1, 0.15) is 13.3 Å². The molecular weight excluding hydrogens is 124 g/mol. The Balaban J connectivity index is 2.03. The average molecular weight is 140 g/mol. The van der Waals surface area contributed by atoms with E-state index in [2.05, 4.69) is 24.0 Å². The van der Waals surface area contributed by atoms with Gasteiger partial charge >= 0.3 is 0 Å². The van der Waals surface area contributed by atoms with Crippen LogP contribution in [0, 0.1) is 0 Å². The Morgan fingerprint density at radius 3 is 2.60 bits per heavy atom. The van der Waals surface area contributed by atoms with E-state index in [4.69, 9.17) is 5.73 Å². The number of hydrogen-bond acceptors (Lipinski definition) is 2. The van der Waals surface area contributed by atoms with Crippen LogP contribution >= 0.6 is 0 Å². The minimum atomic E-state index is 0.348. The first-order valence-electron chi connectivity index (χ1n) is 3.92. The first-order valence-corrected chi connectivity index (χ1v) is 3.92. The molecule has 1 atom stereocenters. The standard InChI is InChI=1S/C8H16N2/c1-8(9)4-7-10-5-2-3-6-10/h2-3,8H,4-7,9H2,1H3. The fourth-order valence-corrected chi connectivity index (χ4v) is 1.09. The van der Waals surface area contributed by atoms with Gasteiger partial charge in [0, 0.05) is 25.7 Å². The maximum absolute atomic E-state index is 5.62. The van der Waals surface area contributed by atoms with Crippen LogP contribution in [-0.2, 0) is 0 Å². The van der Waals surface area contributed by atoms with Gasteiger partial charge in [0.05, 0.1) is 0 Å². The van der Waals surface area contributed by atoms with Crippen molar-refractivity contribution >= 4 is 0 Å². The van der Waals surface area contributed by atoms with Crippen molar-refractivity contribution in [2.45, 2.75) is 19.4 Å². The molecule has 0 fully saturated rings. The zero-order chi connectivity index (χ0) is 7.40. The SMILES string of the molecule is CC(N)CCN1CC=CC1. The Kier molecular flexibility index (Phi) is 2.90. The summed E-state index contributed by atoms with van der Waals surface area (Å²) in [6, 6.07) is 0.348. The Morgan fingerprint density at radius 2 is 2.10 bits per heavy atom.